The first-order valence-electron chi connectivity index (χ1n) is 12.7. The van der Waals surface area contributed by atoms with E-state index < -0.39 is 0 Å². The van der Waals surface area contributed by atoms with Gasteiger partial charge in [-0.05, 0) is 62.6 Å². The van der Waals surface area contributed by atoms with E-state index in [0.29, 0.717) is 53.9 Å². The summed E-state index contributed by atoms with van der Waals surface area (Å²) in [6, 6.07) is 12.3. The molecule has 3 N–H and O–H groups in total. The summed E-state index contributed by atoms with van der Waals surface area (Å²) in [6.45, 7) is 13.8. The Hall–Kier alpha value is -3.10. The highest BCUT2D eigenvalue weighted by atomic mass is 35.5. The van der Waals surface area contributed by atoms with Crippen LogP contribution in [0.4, 0.5) is 10.5 Å². The lowest BCUT2D eigenvalue weighted by atomic mass is 10.1. The van der Waals surface area contributed by atoms with E-state index in [2.05, 4.69) is 20.9 Å². The maximum atomic E-state index is 13.1. The summed E-state index contributed by atoms with van der Waals surface area (Å²) in [5, 5.41) is 8.82. The standard InChI is InChI=1S/C28H38ClN5O3/c1-19(2)17-30-27(37)31-24-10-9-22(16-23(24)29)26(36)34-13-11-33(12-14-34)18-20-7-6-8-21(15-20)25(35)32-28(3,4)5/h6-10,15-16,19H,11-14,17-18H2,1-5H3,(H,32,35)(H2,30,31,37). The summed E-state index contributed by atoms with van der Waals surface area (Å²) in [5.41, 5.74) is 2.37. The number of carbonyl (C=O) groups excluding carboxylic acids is 3. The number of nitrogens with zero attached hydrogens (tertiary/aromatic N) is 2. The number of urea groups is 1. The maximum Gasteiger partial charge on any atom is 0.319 e. The molecule has 37 heavy (non-hydrogen) atoms. The van der Waals surface area contributed by atoms with Gasteiger partial charge in [-0.15, -0.1) is 0 Å². The van der Waals surface area contributed by atoms with Gasteiger partial charge in [-0.3, -0.25) is 14.5 Å². The first-order valence-corrected chi connectivity index (χ1v) is 13.1. The molecular weight excluding hydrogens is 490 g/mol. The lowest BCUT2D eigenvalue weighted by molar-refractivity contribution is 0.0628. The van der Waals surface area contributed by atoms with E-state index in [0.717, 1.165) is 18.7 Å². The van der Waals surface area contributed by atoms with E-state index in [1.165, 1.54) is 0 Å². The van der Waals surface area contributed by atoms with E-state index in [1.807, 2.05) is 63.8 Å². The Morgan fingerprint density at radius 3 is 2.30 bits per heavy atom. The Kier molecular flexibility index (Phi) is 9.56. The van der Waals surface area contributed by atoms with E-state index in [-0.39, 0.29) is 23.4 Å². The molecule has 0 aliphatic carbocycles. The minimum atomic E-state index is -0.328. The molecule has 0 atom stereocenters. The molecule has 2 aromatic carbocycles. The third-order valence-corrected chi connectivity index (χ3v) is 6.19. The van der Waals surface area contributed by atoms with Crippen molar-refractivity contribution in [3.05, 3.63) is 64.2 Å². The first kappa shape index (κ1) is 28.5. The highest BCUT2D eigenvalue weighted by molar-refractivity contribution is 6.34. The van der Waals surface area contributed by atoms with E-state index in [4.69, 9.17) is 11.6 Å². The minimum absolute atomic E-state index is 0.0826. The molecule has 4 amide bonds. The second-order valence-electron chi connectivity index (χ2n) is 10.9. The Morgan fingerprint density at radius 1 is 0.973 bits per heavy atom. The van der Waals surface area contributed by atoms with Crippen LogP contribution in [-0.2, 0) is 6.54 Å². The quantitative estimate of drug-likeness (QED) is 0.490. The lowest BCUT2D eigenvalue weighted by Gasteiger charge is -2.35. The SMILES string of the molecule is CC(C)CNC(=O)Nc1ccc(C(=O)N2CCN(Cc3cccc(C(=O)NC(C)(C)C)c3)CC2)cc1Cl. The number of hydrogen-bond acceptors (Lipinski definition) is 4. The van der Waals surface area contributed by atoms with Gasteiger partial charge in [-0.25, -0.2) is 4.79 Å². The van der Waals surface area contributed by atoms with Crippen LogP contribution in [0.5, 0.6) is 0 Å². The van der Waals surface area contributed by atoms with Gasteiger partial charge in [0, 0.05) is 55.9 Å². The first-order chi connectivity index (χ1) is 17.4. The van der Waals surface area contributed by atoms with Gasteiger partial charge in [-0.1, -0.05) is 37.6 Å². The number of anilines is 1. The Morgan fingerprint density at radius 2 is 1.68 bits per heavy atom. The fourth-order valence-corrected chi connectivity index (χ4v) is 4.21. The van der Waals surface area contributed by atoms with Crippen molar-refractivity contribution in [1.29, 1.82) is 0 Å². The van der Waals surface area contributed by atoms with Crippen molar-refractivity contribution >= 4 is 35.1 Å². The average Bonchev–Trinajstić information content (AvgIpc) is 2.83. The molecule has 1 saturated heterocycles. The van der Waals surface area contributed by atoms with Gasteiger partial charge in [0.25, 0.3) is 11.8 Å². The molecule has 2 aromatic rings. The highest BCUT2D eigenvalue weighted by Crippen LogP contribution is 2.24. The van der Waals surface area contributed by atoms with Crippen LogP contribution in [0.1, 0.15) is 60.9 Å². The van der Waals surface area contributed by atoms with Crippen molar-refractivity contribution in [3.63, 3.8) is 0 Å². The number of amides is 4. The molecule has 1 aliphatic heterocycles. The Bertz CT molecular complexity index is 1120. The number of carbonyl (C=O) groups is 3. The fourth-order valence-electron chi connectivity index (χ4n) is 3.99. The van der Waals surface area contributed by atoms with E-state index in [1.54, 1.807) is 18.2 Å². The molecular formula is C28H38ClN5O3. The second kappa shape index (κ2) is 12.4. The van der Waals surface area contributed by atoms with Crippen molar-refractivity contribution in [2.45, 2.75) is 46.7 Å². The van der Waals surface area contributed by atoms with Crippen molar-refractivity contribution < 1.29 is 14.4 Å². The molecule has 1 heterocycles. The summed E-state index contributed by atoms with van der Waals surface area (Å²) in [4.78, 5) is 41.7. The minimum Gasteiger partial charge on any atom is -0.347 e. The summed E-state index contributed by atoms with van der Waals surface area (Å²) in [6.07, 6.45) is 0. The summed E-state index contributed by atoms with van der Waals surface area (Å²) >= 11 is 6.35. The van der Waals surface area contributed by atoms with Crippen molar-refractivity contribution in [3.8, 4) is 0 Å². The van der Waals surface area contributed by atoms with Gasteiger partial charge in [0.05, 0.1) is 10.7 Å². The molecule has 200 valence electrons. The molecule has 0 saturated carbocycles. The number of halogens is 1. The van der Waals surface area contributed by atoms with Gasteiger partial charge in [0.15, 0.2) is 0 Å². The van der Waals surface area contributed by atoms with Crippen LogP contribution in [-0.4, -0.2) is 65.9 Å². The van der Waals surface area contributed by atoms with Gasteiger partial charge < -0.3 is 20.9 Å². The molecule has 0 aromatic heterocycles. The van der Waals surface area contributed by atoms with Crippen LogP contribution in [0.15, 0.2) is 42.5 Å². The van der Waals surface area contributed by atoms with Crippen molar-refractivity contribution in [2.75, 3.05) is 38.0 Å². The third-order valence-electron chi connectivity index (χ3n) is 5.88. The zero-order chi connectivity index (χ0) is 27.2. The van der Waals surface area contributed by atoms with Crippen LogP contribution in [0.2, 0.25) is 5.02 Å². The van der Waals surface area contributed by atoms with Gasteiger partial charge >= 0.3 is 6.03 Å². The summed E-state index contributed by atoms with van der Waals surface area (Å²) < 4.78 is 0. The normalized spacial score (nSPS) is 14.4. The second-order valence-corrected chi connectivity index (χ2v) is 11.3. The average molecular weight is 528 g/mol. The molecule has 1 fully saturated rings. The fraction of sp³-hybridized carbons (Fsp3) is 0.464. The van der Waals surface area contributed by atoms with Crippen molar-refractivity contribution in [1.82, 2.24) is 20.4 Å². The molecule has 8 nitrogen and oxygen atoms in total. The summed E-state index contributed by atoms with van der Waals surface area (Å²) in [5.74, 6) is 0.172. The molecule has 9 heteroatoms. The zero-order valence-corrected chi connectivity index (χ0v) is 23.1. The number of hydrogen-bond donors (Lipinski definition) is 3. The number of rotatable bonds is 7. The highest BCUT2D eigenvalue weighted by Gasteiger charge is 2.23. The van der Waals surface area contributed by atoms with Crippen LogP contribution >= 0.6 is 11.6 Å². The van der Waals surface area contributed by atoms with E-state index >= 15 is 0 Å². The molecule has 1 aliphatic rings. The predicted octanol–water partition coefficient (Wildman–Crippen LogP) is 4.60. The molecule has 0 radical (unpaired) electrons. The van der Waals surface area contributed by atoms with Crippen LogP contribution in [0.25, 0.3) is 0 Å². The predicted molar refractivity (Wildman–Crippen MR) is 148 cm³/mol. The zero-order valence-electron chi connectivity index (χ0n) is 22.4. The summed E-state index contributed by atoms with van der Waals surface area (Å²) in [7, 11) is 0. The molecule has 0 spiro atoms. The maximum absolute atomic E-state index is 13.1. The topological polar surface area (TPSA) is 93.8 Å². The Labute approximate surface area is 224 Å². The number of nitrogens with one attached hydrogen (secondary N) is 3. The molecule has 0 unspecified atom stereocenters. The largest absolute Gasteiger partial charge is 0.347 e. The van der Waals surface area contributed by atoms with Crippen molar-refractivity contribution in [2.24, 2.45) is 5.92 Å². The number of benzene rings is 2. The number of piperazine rings is 1. The van der Waals surface area contributed by atoms with Crippen LogP contribution in [0, 0.1) is 5.92 Å². The lowest BCUT2D eigenvalue weighted by Crippen LogP contribution is -2.48. The monoisotopic (exact) mass is 527 g/mol. The molecule has 3 rings (SSSR count). The van der Waals surface area contributed by atoms with E-state index in [9.17, 15) is 14.4 Å². The van der Waals surface area contributed by atoms with Crippen LogP contribution < -0.4 is 16.0 Å². The Balaban J connectivity index is 1.53. The van der Waals surface area contributed by atoms with Crippen LogP contribution in [0.3, 0.4) is 0 Å². The third kappa shape index (κ3) is 8.76. The molecule has 0 bridgehead atoms. The van der Waals surface area contributed by atoms with Gasteiger partial charge in [0.1, 0.15) is 0 Å². The van der Waals surface area contributed by atoms with Gasteiger partial charge in [-0.2, -0.15) is 0 Å². The smallest absolute Gasteiger partial charge is 0.319 e. The van der Waals surface area contributed by atoms with Gasteiger partial charge in [0.2, 0.25) is 0 Å².